The zero-order chi connectivity index (χ0) is 16.4. The highest BCUT2D eigenvalue weighted by atomic mass is 15.1. The number of nitrogens with zero attached hydrogens (tertiary/aromatic N) is 1. The van der Waals surface area contributed by atoms with E-state index < -0.39 is 0 Å². The lowest BCUT2D eigenvalue weighted by atomic mass is 9.86. The van der Waals surface area contributed by atoms with Gasteiger partial charge in [-0.25, -0.2) is 0 Å². The van der Waals surface area contributed by atoms with E-state index in [9.17, 15) is 0 Å². The Morgan fingerprint density at radius 1 is 1.04 bits per heavy atom. The molecule has 1 aliphatic rings. The lowest BCUT2D eigenvalue weighted by molar-refractivity contribution is 0.590. The molecule has 120 valence electrons. The van der Waals surface area contributed by atoms with Crippen LogP contribution >= 0.6 is 0 Å². The van der Waals surface area contributed by atoms with Crippen molar-refractivity contribution in [1.82, 2.24) is 0 Å². The van der Waals surface area contributed by atoms with E-state index in [4.69, 9.17) is 0 Å². The van der Waals surface area contributed by atoms with Gasteiger partial charge in [-0.05, 0) is 41.0 Å². The Kier molecular flexibility index (Phi) is 4.30. The van der Waals surface area contributed by atoms with Crippen molar-refractivity contribution >= 4 is 5.69 Å². The first-order valence-electron chi connectivity index (χ1n) is 8.52. The monoisotopic (exact) mass is 305 g/mol. The molecule has 0 aliphatic carbocycles. The van der Waals surface area contributed by atoms with E-state index in [1.165, 1.54) is 28.0 Å². The van der Waals surface area contributed by atoms with Crippen LogP contribution in [-0.4, -0.2) is 13.1 Å². The summed E-state index contributed by atoms with van der Waals surface area (Å²) >= 11 is 0. The fourth-order valence-corrected chi connectivity index (χ4v) is 3.31. The predicted molar refractivity (Wildman–Crippen MR) is 100 cm³/mol. The van der Waals surface area contributed by atoms with Gasteiger partial charge in [0.2, 0.25) is 0 Å². The van der Waals surface area contributed by atoms with Gasteiger partial charge in [0, 0.05) is 18.8 Å². The Morgan fingerprint density at radius 3 is 2.43 bits per heavy atom. The molecule has 0 fully saturated rings. The number of anilines is 1. The third-order valence-electron chi connectivity index (χ3n) is 4.67. The predicted octanol–water partition coefficient (Wildman–Crippen LogP) is 5.15. The first-order valence-corrected chi connectivity index (χ1v) is 8.52. The van der Waals surface area contributed by atoms with Gasteiger partial charge in [0.15, 0.2) is 0 Å². The second-order valence-corrected chi connectivity index (χ2v) is 7.67. The van der Waals surface area contributed by atoms with Crippen LogP contribution in [0.1, 0.15) is 37.5 Å². The number of para-hydroxylation sites is 1. The maximum absolute atomic E-state index is 4.32. The van der Waals surface area contributed by atoms with Gasteiger partial charge in [-0.3, -0.25) is 0 Å². The first-order chi connectivity index (χ1) is 10.9. The Balaban J connectivity index is 1.62. The highest BCUT2D eigenvalue weighted by Crippen LogP contribution is 2.28. The summed E-state index contributed by atoms with van der Waals surface area (Å²) in [5.74, 6) is 0. The molecule has 0 aromatic heterocycles. The molecule has 0 spiro atoms. The van der Waals surface area contributed by atoms with Crippen molar-refractivity contribution in [2.45, 2.75) is 39.0 Å². The first kappa shape index (κ1) is 15.9. The Morgan fingerprint density at radius 2 is 1.74 bits per heavy atom. The molecule has 0 saturated heterocycles. The molecule has 0 N–H and O–H groups in total. The molecule has 0 bridgehead atoms. The average Bonchev–Trinajstić information content (AvgIpc) is 2.90. The molecule has 0 saturated carbocycles. The van der Waals surface area contributed by atoms with Crippen molar-refractivity contribution in [3.05, 3.63) is 77.4 Å². The number of hydrogen-bond acceptors (Lipinski definition) is 1. The quantitative estimate of drug-likeness (QED) is 0.706. The minimum absolute atomic E-state index is 0.217. The molecule has 2 aromatic carbocycles. The smallest absolute Gasteiger partial charge is 0.0402 e. The van der Waals surface area contributed by atoms with Gasteiger partial charge in [-0.2, -0.15) is 0 Å². The average molecular weight is 305 g/mol. The zero-order valence-corrected chi connectivity index (χ0v) is 14.6. The number of hydrogen-bond donors (Lipinski definition) is 0. The molecule has 0 radical (unpaired) electrons. The molecule has 2 aromatic rings. The number of rotatable bonds is 4. The van der Waals surface area contributed by atoms with Crippen LogP contribution in [0, 0.1) is 0 Å². The molecule has 1 nitrogen and oxygen atoms in total. The normalized spacial score (nSPS) is 14.0. The van der Waals surface area contributed by atoms with E-state index >= 15 is 0 Å². The number of fused-ring (bicyclic) bond motifs is 1. The van der Waals surface area contributed by atoms with Crippen molar-refractivity contribution < 1.29 is 0 Å². The van der Waals surface area contributed by atoms with Gasteiger partial charge in [-0.1, -0.05) is 75.4 Å². The van der Waals surface area contributed by atoms with Gasteiger partial charge in [-0.15, -0.1) is 0 Å². The van der Waals surface area contributed by atoms with E-state index in [0.717, 1.165) is 25.9 Å². The fourth-order valence-electron chi connectivity index (χ4n) is 3.31. The molecule has 1 heterocycles. The highest BCUT2D eigenvalue weighted by Gasteiger charge is 2.18. The number of benzene rings is 2. The van der Waals surface area contributed by atoms with Gasteiger partial charge < -0.3 is 4.90 Å². The summed E-state index contributed by atoms with van der Waals surface area (Å²) in [7, 11) is 0. The minimum Gasteiger partial charge on any atom is -0.367 e. The third-order valence-corrected chi connectivity index (χ3v) is 4.67. The summed E-state index contributed by atoms with van der Waals surface area (Å²) in [6.07, 6.45) is 2.12. The van der Waals surface area contributed by atoms with Crippen LogP contribution < -0.4 is 4.90 Å². The lowest BCUT2D eigenvalue weighted by Crippen LogP contribution is -2.23. The molecule has 3 rings (SSSR count). The van der Waals surface area contributed by atoms with Crippen LogP contribution in [0.25, 0.3) is 0 Å². The largest absolute Gasteiger partial charge is 0.367 e. The maximum Gasteiger partial charge on any atom is 0.0402 e. The van der Waals surface area contributed by atoms with Gasteiger partial charge >= 0.3 is 0 Å². The van der Waals surface area contributed by atoms with Crippen LogP contribution in [0.4, 0.5) is 5.69 Å². The minimum atomic E-state index is 0.217. The van der Waals surface area contributed by atoms with E-state index in [-0.39, 0.29) is 5.41 Å². The van der Waals surface area contributed by atoms with Crippen LogP contribution in [-0.2, 0) is 18.3 Å². The summed E-state index contributed by atoms with van der Waals surface area (Å²) in [6.45, 7) is 13.2. The van der Waals surface area contributed by atoms with Crippen molar-refractivity contribution in [3.8, 4) is 0 Å². The Bertz CT molecular complexity index is 689. The lowest BCUT2D eigenvalue weighted by Gasteiger charge is -2.21. The van der Waals surface area contributed by atoms with E-state index in [0.29, 0.717) is 0 Å². The SMILES string of the molecule is C=C(Cc1ccc(C(C)(C)C)cc1)CN1CCc2ccccc21. The summed E-state index contributed by atoms with van der Waals surface area (Å²) < 4.78 is 0. The third kappa shape index (κ3) is 3.67. The molecule has 23 heavy (non-hydrogen) atoms. The molecule has 1 aliphatic heterocycles. The summed E-state index contributed by atoms with van der Waals surface area (Å²) in [5.41, 5.74) is 7.10. The summed E-state index contributed by atoms with van der Waals surface area (Å²) in [6, 6.07) is 17.8. The van der Waals surface area contributed by atoms with Crippen molar-refractivity contribution in [3.63, 3.8) is 0 Å². The second kappa shape index (κ2) is 6.23. The highest BCUT2D eigenvalue weighted by molar-refractivity contribution is 5.58. The van der Waals surface area contributed by atoms with Crippen LogP contribution in [0.2, 0.25) is 0 Å². The van der Waals surface area contributed by atoms with E-state index in [1.807, 2.05) is 0 Å². The second-order valence-electron chi connectivity index (χ2n) is 7.67. The maximum atomic E-state index is 4.32. The van der Waals surface area contributed by atoms with Gasteiger partial charge in [0.1, 0.15) is 0 Å². The van der Waals surface area contributed by atoms with E-state index in [2.05, 4.69) is 80.8 Å². The van der Waals surface area contributed by atoms with Crippen LogP contribution in [0.15, 0.2) is 60.7 Å². The zero-order valence-electron chi connectivity index (χ0n) is 14.6. The van der Waals surface area contributed by atoms with Gasteiger partial charge in [0.05, 0.1) is 0 Å². The molecule has 0 atom stereocenters. The molecule has 1 heteroatoms. The molecular formula is C22H27N. The van der Waals surface area contributed by atoms with Crippen LogP contribution in [0.3, 0.4) is 0 Å². The molecular weight excluding hydrogens is 278 g/mol. The summed E-state index contributed by atoms with van der Waals surface area (Å²) in [4.78, 5) is 2.46. The topological polar surface area (TPSA) is 3.24 Å². The standard InChI is InChI=1S/C22H27N/c1-17(15-18-9-11-20(12-10-18)22(2,3)4)16-23-14-13-19-7-5-6-8-21(19)23/h5-12H,1,13-16H2,2-4H3. The van der Waals surface area contributed by atoms with Crippen molar-refractivity contribution in [2.75, 3.05) is 18.0 Å². The van der Waals surface area contributed by atoms with Crippen molar-refractivity contribution in [2.24, 2.45) is 0 Å². The van der Waals surface area contributed by atoms with E-state index in [1.54, 1.807) is 0 Å². The Labute approximate surface area is 140 Å². The van der Waals surface area contributed by atoms with Gasteiger partial charge in [0.25, 0.3) is 0 Å². The van der Waals surface area contributed by atoms with Crippen LogP contribution in [0.5, 0.6) is 0 Å². The Hall–Kier alpha value is -2.02. The van der Waals surface area contributed by atoms with Crippen molar-refractivity contribution in [1.29, 1.82) is 0 Å². The molecule has 0 unspecified atom stereocenters. The summed E-state index contributed by atoms with van der Waals surface area (Å²) in [5, 5.41) is 0. The fraction of sp³-hybridized carbons (Fsp3) is 0.364. The molecule has 0 amide bonds.